The highest BCUT2D eigenvalue weighted by molar-refractivity contribution is 7.60. The highest BCUT2D eigenvalue weighted by Gasteiger charge is 2.37. The van der Waals surface area contributed by atoms with Gasteiger partial charge in [0.2, 0.25) is 0 Å². The van der Waals surface area contributed by atoms with E-state index in [1.54, 1.807) is 0 Å². The van der Waals surface area contributed by atoms with Crippen molar-refractivity contribution in [3.05, 3.63) is 0 Å². The summed E-state index contributed by atoms with van der Waals surface area (Å²) in [5.74, 6) is 0. The first-order chi connectivity index (χ1) is 5.91. The molecule has 0 heterocycles. The summed E-state index contributed by atoms with van der Waals surface area (Å²) >= 11 is 0. The monoisotopic (exact) mass is 260 g/mol. The van der Waals surface area contributed by atoms with E-state index in [0.717, 1.165) is 0 Å². The lowest BCUT2D eigenvalue weighted by atomic mass is 10.7. The fourth-order valence-electron chi connectivity index (χ4n) is 0.313. The molecule has 3 N–H and O–H groups in total. The van der Waals surface area contributed by atoms with E-state index in [-0.39, 0.29) is 0 Å². The van der Waals surface area contributed by atoms with E-state index in [0.29, 0.717) is 0 Å². The minimum atomic E-state index is -5.39. The van der Waals surface area contributed by atoms with Crippen molar-refractivity contribution in [3.8, 4) is 0 Å². The number of hydrogen-bond acceptors (Lipinski definition) is 4. The predicted octanol–water partition coefficient (Wildman–Crippen LogP) is 0.775. The topological polar surface area (TPSA) is 113 Å². The van der Waals surface area contributed by atoms with Crippen LogP contribution >= 0.6 is 15.6 Å². The second-order valence-electron chi connectivity index (χ2n) is 1.93. The van der Waals surface area contributed by atoms with E-state index >= 15 is 0 Å². The zero-order valence-electron chi connectivity index (χ0n) is 6.21. The van der Waals surface area contributed by atoms with Crippen LogP contribution in [0.5, 0.6) is 0 Å². The van der Waals surface area contributed by atoms with Crippen molar-refractivity contribution in [1.82, 2.24) is 0 Å². The van der Waals surface area contributed by atoms with Crippen molar-refractivity contribution in [2.45, 2.75) is 6.18 Å². The summed E-state index contributed by atoms with van der Waals surface area (Å²) in [5.41, 5.74) is 0. The highest BCUT2D eigenvalue weighted by atomic mass is 31.3. The van der Waals surface area contributed by atoms with Crippen LogP contribution in [-0.2, 0) is 18.0 Å². The number of halogens is 3. The maximum atomic E-state index is 11.4. The summed E-state index contributed by atoms with van der Waals surface area (Å²) in [5, 5.41) is 0. The van der Waals surface area contributed by atoms with Crippen molar-refractivity contribution in [2.75, 3.05) is 6.61 Å². The van der Waals surface area contributed by atoms with Gasteiger partial charge in [-0.25, -0.2) is 9.13 Å². The van der Waals surface area contributed by atoms with Crippen molar-refractivity contribution >= 4 is 15.6 Å². The van der Waals surface area contributed by atoms with Crippen LogP contribution in [0.15, 0.2) is 0 Å². The third-order valence-electron chi connectivity index (χ3n) is 0.601. The molecular weight excluding hydrogens is 255 g/mol. The fourth-order valence-corrected chi connectivity index (χ4v) is 1.89. The molecule has 0 aliphatic carbocycles. The summed E-state index contributed by atoms with van der Waals surface area (Å²) < 4.78 is 60.9. The minimum absolute atomic E-state index is 2.15. The van der Waals surface area contributed by atoms with Gasteiger partial charge in [-0.2, -0.15) is 17.5 Å². The molecule has 1 atom stereocenters. The van der Waals surface area contributed by atoms with E-state index in [1.165, 1.54) is 0 Å². The zero-order valence-corrected chi connectivity index (χ0v) is 8.00. The number of hydrogen-bond donors (Lipinski definition) is 3. The molecule has 0 bridgehead atoms. The standard InChI is InChI=1S/C2H5F3O7P2/c3-2(4,5)1-11-14(9,10)12-13(6,7)8/h1H2,(H,9,10)(H2,6,7,8). The van der Waals surface area contributed by atoms with Crippen LogP contribution in [0.25, 0.3) is 0 Å². The van der Waals surface area contributed by atoms with Crippen LogP contribution in [0.2, 0.25) is 0 Å². The number of alkyl halides is 3. The molecule has 0 aliphatic rings. The third kappa shape index (κ3) is 8.64. The van der Waals surface area contributed by atoms with Gasteiger partial charge in [0.25, 0.3) is 0 Å². The molecule has 1 unspecified atom stereocenters. The van der Waals surface area contributed by atoms with Crippen LogP contribution in [-0.4, -0.2) is 27.5 Å². The van der Waals surface area contributed by atoms with Crippen LogP contribution in [0, 0.1) is 0 Å². The Labute approximate surface area is 75.3 Å². The van der Waals surface area contributed by atoms with Crippen molar-refractivity contribution < 1.29 is 45.8 Å². The van der Waals surface area contributed by atoms with Gasteiger partial charge in [-0.1, -0.05) is 0 Å². The average molecular weight is 260 g/mol. The van der Waals surface area contributed by atoms with Gasteiger partial charge in [-0.15, -0.1) is 0 Å². The maximum absolute atomic E-state index is 11.4. The van der Waals surface area contributed by atoms with Gasteiger partial charge in [-0.3, -0.25) is 4.52 Å². The molecule has 14 heavy (non-hydrogen) atoms. The molecule has 0 aromatic rings. The van der Waals surface area contributed by atoms with Crippen molar-refractivity contribution in [3.63, 3.8) is 0 Å². The molecule has 0 spiro atoms. The molecule has 86 valence electrons. The molecule has 0 aromatic heterocycles. The summed E-state index contributed by atoms with van der Waals surface area (Å²) in [7, 11) is -10.8. The summed E-state index contributed by atoms with van der Waals surface area (Å²) in [6, 6.07) is 0. The molecule has 12 heteroatoms. The smallest absolute Gasteiger partial charge is 0.302 e. The quantitative estimate of drug-likeness (QED) is 0.639. The molecule has 0 amide bonds. The van der Waals surface area contributed by atoms with Crippen LogP contribution in [0.1, 0.15) is 0 Å². The third-order valence-corrected chi connectivity index (χ3v) is 2.73. The van der Waals surface area contributed by atoms with Crippen molar-refractivity contribution in [1.29, 1.82) is 0 Å². The van der Waals surface area contributed by atoms with Crippen LogP contribution in [0.4, 0.5) is 13.2 Å². The van der Waals surface area contributed by atoms with Gasteiger partial charge in [0.1, 0.15) is 0 Å². The Bertz CT molecular complexity index is 279. The molecule has 0 aliphatic heterocycles. The molecule has 0 rings (SSSR count). The Morgan fingerprint density at radius 1 is 1.14 bits per heavy atom. The van der Waals surface area contributed by atoms with Crippen molar-refractivity contribution in [2.24, 2.45) is 0 Å². The van der Waals surface area contributed by atoms with Gasteiger partial charge in [-0.05, 0) is 0 Å². The number of phosphoric acid groups is 2. The van der Waals surface area contributed by atoms with Gasteiger partial charge in [0, 0.05) is 0 Å². The Kier molecular flexibility index (Phi) is 4.29. The molecule has 0 saturated heterocycles. The largest absolute Gasteiger partial charge is 0.481 e. The lowest BCUT2D eigenvalue weighted by Gasteiger charge is -2.13. The summed E-state index contributed by atoms with van der Waals surface area (Å²) in [4.78, 5) is 24.3. The first-order valence-electron chi connectivity index (χ1n) is 2.72. The molecule has 0 aromatic carbocycles. The first-order valence-corrected chi connectivity index (χ1v) is 5.75. The van der Waals surface area contributed by atoms with Gasteiger partial charge >= 0.3 is 21.8 Å². The summed E-state index contributed by atoms with van der Waals surface area (Å²) in [6.07, 6.45) is -4.91. The minimum Gasteiger partial charge on any atom is -0.302 e. The Balaban J connectivity index is 4.24. The Morgan fingerprint density at radius 2 is 1.57 bits per heavy atom. The molecule has 0 fully saturated rings. The molecule has 0 radical (unpaired) electrons. The second-order valence-corrected chi connectivity index (χ2v) is 4.76. The number of phosphoric ester groups is 1. The average Bonchev–Trinajstić information content (AvgIpc) is 1.76. The van der Waals surface area contributed by atoms with Gasteiger partial charge < -0.3 is 14.7 Å². The zero-order chi connectivity index (χ0) is 11.6. The maximum Gasteiger partial charge on any atom is 0.481 e. The van der Waals surface area contributed by atoms with Gasteiger partial charge in [0.05, 0.1) is 0 Å². The molecular formula is C2H5F3O7P2. The van der Waals surface area contributed by atoms with E-state index in [2.05, 4.69) is 8.83 Å². The second kappa shape index (κ2) is 4.28. The molecule has 7 nitrogen and oxygen atoms in total. The van der Waals surface area contributed by atoms with Crippen LogP contribution in [0.3, 0.4) is 0 Å². The van der Waals surface area contributed by atoms with E-state index in [1.807, 2.05) is 0 Å². The van der Waals surface area contributed by atoms with Crippen LogP contribution < -0.4 is 0 Å². The van der Waals surface area contributed by atoms with E-state index < -0.39 is 28.4 Å². The SMILES string of the molecule is O=P(O)(O)OP(=O)(O)OCC(F)(F)F. The fraction of sp³-hybridized carbons (Fsp3) is 1.00. The normalized spacial score (nSPS) is 17.9. The summed E-state index contributed by atoms with van der Waals surface area (Å²) in [6.45, 7) is -2.15. The van der Waals surface area contributed by atoms with Gasteiger partial charge in [0.15, 0.2) is 6.61 Å². The molecule has 0 saturated carbocycles. The Hall–Kier alpha value is 0.0500. The Morgan fingerprint density at radius 3 is 1.86 bits per heavy atom. The highest BCUT2D eigenvalue weighted by Crippen LogP contribution is 2.57. The lowest BCUT2D eigenvalue weighted by Crippen LogP contribution is -2.16. The number of rotatable bonds is 4. The predicted molar refractivity (Wildman–Crippen MR) is 35.0 cm³/mol. The van der Waals surface area contributed by atoms with E-state index in [4.69, 9.17) is 14.7 Å². The lowest BCUT2D eigenvalue weighted by molar-refractivity contribution is -0.156. The first kappa shape index (κ1) is 14.1. The van der Waals surface area contributed by atoms with E-state index in [9.17, 15) is 22.3 Å².